The molecule has 0 atom stereocenters. The molecule has 31 heavy (non-hydrogen) atoms. The zero-order valence-electron chi connectivity index (χ0n) is 16.5. The number of nitrogens with one attached hydrogen (secondary N) is 1. The minimum absolute atomic E-state index is 0.148. The van der Waals surface area contributed by atoms with E-state index in [9.17, 15) is 9.18 Å². The first-order valence-corrected chi connectivity index (χ1v) is 11.2. The van der Waals surface area contributed by atoms with E-state index in [1.807, 2.05) is 60.0 Å². The molecule has 0 saturated heterocycles. The number of anilines is 1. The molecule has 0 saturated carbocycles. The van der Waals surface area contributed by atoms with E-state index >= 15 is 0 Å². The number of halogens is 2. The van der Waals surface area contributed by atoms with Crippen LogP contribution in [0.5, 0.6) is 0 Å². The summed E-state index contributed by atoms with van der Waals surface area (Å²) in [5.41, 5.74) is 3.32. The Kier molecular flexibility index (Phi) is 6.48. The standard InChI is InChI=1S/C23H18BrFN4OS/c1-15-13-17(24)7-12-20(15)26-21(30)14-31-23-28-27-22(16-5-3-2-4-6-16)29(23)19-10-8-18(25)9-11-19/h2-13H,14H2,1H3,(H,26,30). The van der Waals surface area contributed by atoms with Gasteiger partial charge in [-0.15, -0.1) is 10.2 Å². The first-order chi connectivity index (χ1) is 15.0. The molecule has 1 amide bonds. The molecule has 3 aromatic carbocycles. The molecule has 0 fully saturated rings. The molecule has 0 aliphatic rings. The molecule has 4 rings (SSSR count). The number of carbonyl (C=O) groups excluding carboxylic acids is 1. The summed E-state index contributed by atoms with van der Waals surface area (Å²) in [7, 11) is 0. The Morgan fingerprint density at radius 2 is 1.81 bits per heavy atom. The van der Waals surface area contributed by atoms with Gasteiger partial charge in [-0.3, -0.25) is 9.36 Å². The predicted molar refractivity (Wildman–Crippen MR) is 125 cm³/mol. The maximum absolute atomic E-state index is 13.5. The molecule has 1 heterocycles. The van der Waals surface area contributed by atoms with Gasteiger partial charge in [0.05, 0.1) is 5.75 Å². The van der Waals surface area contributed by atoms with Gasteiger partial charge in [-0.1, -0.05) is 58.0 Å². The van der Waals surface area contributed by atoms with Gasteiger partial charge in [-0.25, -0.2) is 4.39 Å². The fraction of sp³-hybridized carbons (Fsp3) is 0.0870. The van der Waals surface area contributed by atoms with Crippen LogP contribution in [0.4, 0.5) is 10.1 Å². The Labute approximate surface area is 191 Å². The van der Waals surface area contributed by atoms with Crippen molar-refractivity contribution in [1.29, 1.82) is 0 Å². The molecule has 156 valence electrons. The van der Waals surface area contributed by atoms with Crippen molar-refractivity contribution in [2.24, 2.45) is 0 Å². The van der Waals surface area contributed by atoms with Crippen LogP contribution in [-0.4, -0.2) is 26.4 Å². The van der Waals surface area contributed by atoms with Crippen molar-refractivity contribution in [3.63, 3.8) is 0 Å². The van der Waals surface area contributed by atoms with Crippen molar-refractivity contribution >= 4 is 39.3 Å². The number of aromatic nitrogens is 3. The van der Waals surface area contributed by atoms with Crippen molar-refractivity contribution in [3.05, 3.63) is 88.6 Å². The lowest BCUT2D eigenvalue weighted by molar-refractivity contribution is -0.113. The van der Waals surface area contributed by atoms with Crippen molar-refractivity contribution in [3.8, 4) is 17.1 Å². The second-order valence-corrected chi connectivity index (χ2v) is 8.64. The Balaban J connectivity index is 1.58. The number of amides is 1. The Bertz CT molecular complexity index is 1210. The number of rotatable bonds is 6. The van der Waals surface area contributed by atoms with E-state index in [4.69, 9.17) is 0 Å². The minimum Gasteiger partial charge on any atom is -0.325 e. The Morgan fingerprint density at radius 1 is 1.06 bits per heavy atom. The van der Waals surface area contributed by atoms with Crippen molar-refractivity contribution in [1.82, 2.24) is 14.8 Å². The third-order valence-corrected chi connectivity index (χ3v) is 5.97. The molecule has 8 heteroatoms. The van der Waals surface area contributed by atoms with Gasteiger partial charge < -0.3 is 5.32 Å². The lowest BCUT2D eigenvalue weighted by atomic mass is 10.2. The van der Waals surface area contributed by atoms with E-state index in [-0.39, 0.29) is 17.5 Å². The van der Waals surface area contributed by atoms with Gasteiger partial charge in [0.15, 0.2) is 11.0 Å². The summed E-state index contributed by atoms with van der Waals surface area (Å²) in [6.07, 6.45) is 0. The number of thioether (sulfide) groups is 1. The number of nitrogens with zero attached hydrogens (tertiary/aromatic N) is 3. The molecule has 5 nitrogen and oxygen atoms in total. The molecule has 0 radical (unpaired) electrons. The summed E-state index contributed by atoms with van der Waals surface area (Å²) in [6, 6.07) is 21.4. The van der Waals surface area contributed by atoms with Crippen LogP contribution in [0.25, 0.3) is 17.1 Å². The van der Waals surface area contributed by atoms with E-state index in [1.165, 1.54) is 23.9 Å². The van der Waals surface area contributed by atoms with Gasteiger partial charge >= 0.3 is 0 Å². The van der Waals surface area contributed by atoms with Gasteiger partial charge in [0.25, 0.3) is 0 Å². The van der Waals surface area contributed by atoms with Crippen molar-refractivity contribution in [2.75, 3.05) is 11.1 Å². The van der Waals surface area contributed by atoms with Crippen LogP contribution in [0, 0.1) is 12.7 Å². The molecular formula is C23H18BrFN4OS. The van der Waals surface area contributed by atoms with Gasteiger partial charge in [-0.05, 0) is 55.0 Å². The molecule has 0 unspecified atom stereocenters. The number of aryl methyl sites for hydroxylation is 1. The molecule has 1 aromatic heterocycles. The van der Waals surface area contributed by atoms with Crippen LogP contribution < -0.4 is 5.32 Å². The minimum atomic E-state index is -0.323. The van der Waals surface area contributed by atoms with Crippen LogP contribution in [0.3, 0.4) is 0 Å². The first-order valence-electron chi connectivity index (χ1n) is 9.47. The Morgan fingerprint density at radius 3 is 2.52 bits per heavy atom. The molecule has 0 aliphatic carbocycles. The molecule has 0 spiro atoms. The highest BCUT2D eigenvalue weighted by Gasteiger charge is 2.17. The van der Waals surface area contributed by atoms with Gasteiger partial charge in [0.1, 0.15) is 5.82 Å². The highest BCUT2D eigenvalue weighted by molar-refractivity contribution is 9.10. The summed E-state index contributed by atoms with van der Waals surface area (Å²) in [5, 5.41) is 12.1. The van der Waals surface area contributed by atoms with Crippen LogP contribution in [0.1, 0.15) is 5.56 Å². The van der Waals surface area contributed by atoms with Crippen LogP contribution in [-0.2, 0) is 4.79 Å². The van der Waals surface area contributed by atoms with E-state index in [1.54, 1.807) is 12.1 Å². The fourth-order valence-corrected chi connectivity index (χ4v) is 4.27. The average molecular weight is 497 g/mol. The van der Waals surface area contributed by atoms with Crippen LogP contribution in [0.15, 0.2) is 82.4 Å². The second-order valence-electron chi connectivity index (χ2n) is 6.78. The van der Waals surface area contributed by atoms with Gasteiger partial charge in [0, 0.05) is 21.4 Å². The summed E-state index contributed by atoms with van der Waals surface area (Å²) >= 11 is 4.69. The molecule has 0 bridgehead atoms. The number of benzene rings is 3. The average Bonchev–Trinajstić information content (AvgIpc) is 3.19. The first kappa shape index (κ1) is 21.3. The molecule has 1 N–H and O–H groups in total. The third-order valence-electron chi connectivity index (χ3n) is 4.55. The number of carbonyl (C=O) groups is 1. The quantitative estimate of drug-likeness (QED) is 0.339. The Hall–Kier alpha value is -2.97. The summed E-state index contributed by atoms with van der Waals surface area (Å²) < 4.78 is 16.3. The molecular weight excluding hydrogens is 479 g/mol. The summed E-state index contributed by atoms with van der Waals surface area (Å²) in [6.45, 7) is 1.94. The van der Waals surface area contributed by atoms with E-state index < -0.39 is 0 Å². The van der Waals surface area contributed by atoms with E-state index in [0.29, 0.717) is 11.0 Å². The zero-order valence-corrected chi connectivity index (χ0v) is 19.0. The van der Waals surface area contributed by atoms with Crippen molar-refractivity contribution < 1.29 is 9.18 Å². The lowest BCUT2D eigenvalue weighted by Gasteiger charge is -2.11. The topological polar surface area (TPSA) is 59.8 Å². The maximum atomic E-state index is 13.5. The highest BCUT2D eigenvalue weighted by atomic mass is 79.9. The van der Waals surface area contributed by atoms with Gasteiger partial charge in [0.2, 0.25) is 5.91 Å². The predicted octanol–water partition coefficient (Wildman–Crippen LogP) is 5.88. The van der Waals surface area contributed by atoms with Crippen LogP contribution >= 0.6 is 27.7 Å². The molecule has 4 aromatic rings. The maximum Gasteiger partial charge on any atom is 0.234 e. The van der Waals surface area contributed by atoms with E-state index in [0.717, 1.165) is 27.0 Å². The monoisotopic (exact) mass is 496 g/mol. The third kappa shape index (κ3) is 5.03. The largest absolute Gasteiger partial charge is 0.325 e. The van der Waals surface area contributed by atoms with Gasteiger partial charge in [-0.2, -0.15) is 0 Å². The van der Waals surface area contributed by atoms with E-state index in [2.05, 4.69) is 31.4 Å². The van der Waals surface area contributed by atoms with Crippen LogP contribution in [0.2, 0.25) is 0 Å². The molecule has 0 aliphatic heterocycles. The summed E-state index contributed by atoms with van der Waals surface area (Å²) in [5.74, 6) is 0.310. The normalized spacial score (nSPS) is 10.8. The summed E-state index contributed by atoms with van der Waals surface area (Å²) in [4.78, 5) is 12.5. The van der Waals surface area contributed by atoms with Crippen molar-refractivity contribution in [2.45, 2.75) is 12.1 Å². The second kappa shape index (κ2) is 9.45. The number of hydrogen-bond acceptors (Lipinski definition) is 4. The smallest absolute Gasteiger partial charge is 0.234 e. The fourth-order valence-electron chi connectivity index (χ4n) is 3.04. The highest BCUT2D eigenvalue weighted by Crippen LogP contribution is 2.28. The zero-order chi connectivity index (χ0) is 21.8. The number of hydrogen-bond donors (Lipinski definition) is 1. The lowest BCUT2D eigenvalue weighted by Crippen LogP contribution is -2.15. The SMILES string of the molecule is Cc1cc(Br)ccc1NC(=O)CSc1nnc(-c2ccccc2)n1-c1ccc(F)cc1.